The van der Waals surface area contributed by atoms with E-state index in [1.807, 2.05) is 6.07 Å². The van der Waals surface area contributed by atoms with Gasteiger partial charge in [-0.05, 0) is 26.0 Å². The number of piperazine rings is 1. The zero-order valence-electron chi connectivity index (χ0n) is 16.4. The van der Waals surface area contributed by atoms with Crippen LogP contribution in [-0.2, 0) is 16.1 Å². The number of carbonyl (C=O) groups excluding carboxylic acids is 1. The summed E-state index contributed by atoms with van der Waals surface area (Å²) in [7, 11) is 0. The highest BCUT2D eigenvalue weighted by molar-refractivity contribution is 7.16. The molecule has 0 unspecified atom stereocenters. The maximum atomic E-state index is 12.4. The summed E-state index contributed by atoms with van der Waals surface area (Å²) in [5.74, 6) is 0.120. The third-order valence-corrected chi connectivity index (χ3v) is 6.64. The number of hydrogen-bond acceptors (Lipinski definition) is 6. The highest BCUT2D eigenvalue weighted by atomic mass is 35.5. The van der Waals surface area contributed by atoms with E-state index in [2.05, 4.69) is 39.9 Å². The summed E-state index contributed by atoms with van der Waals surface area (Å²) in [6.45, 7) is 13.7. The molecule has 8 heteroatoms. The number of halogens is 1. The standard InChI is InChI=1S/C19H31ClN4O2S/c1-19(2,24-9-11-26-12-10-24)15-21-18(25)14-23-7-5-22(6-8-23)13-16-3-4-17(20)27-16/h3-4H,5-15H2,1-2H3,(H,21,25). The van der Waals surface area contributed by atoms with Crippen molar-refractivity contribution in [3.63, 3.8) is 0 Å². The number of carbonyl (C=O) groups is 1. The van der Waals surface area contributed by atoms with Crippen LogP contribution in [0.25, 0.3) is 0 Å². The second kappa shape index (κ2) is 9.67. The lowest BCUT2D eigenvalue weighted by atomic mass is 10.0. The highest BCUT2D eigenvalue weighted by Gasteiger charge is 2.29. The molecule has 1 N–H and O–H groups in total. The summed E-state index contributed by atoms with van der Waals surface area (Å²) < 4.78 is 6.27. The smallest absolute Gasteiger partial charge is 0.234 e. The minimum absolute atomic E-state index is 0.0415. The SMILES string of the molecule is CC(C)(CNC(=O)CN1CCN(Cc2ccc(Cl)s2)CC1)N1CCOCC1. The van der Waals surface area contributed by atoms with E-state index in [0.29, 0.717) is 13.1 Å². The normalized spacial score (nSPS) is 20.7. The molecule has 2 aliphatic heterocycles. The first-order chi connectivity index (χ1) is 12.9. The van der Waals surface area contributed by atoms with Gasteiger partial charge in [0.05, 0.1) is 24.1 Å². The van der Waals surface area contributed by atoms with Crippen molar-refractivity contribution in [3.05, 3.63) is 21.3 Å². The average Bonchev–Trinajstić information content (AvgIpc) is 3.07. The largest absolute Gasteiger partial charge is 0.379 e. The van der Waals surface area contributed by atoms with E-state index in [1.165, 1.54) is 4.88 Å². The molecule has 3 heterocycles. The zero-order valence-corrected chi connectivity index (χ0v) is 17.9. The number of hydrogen-bond donors (Lipinski definition) is 1. The summed E-state index contributed by atoms with van der Waals surface area (Å²) in [6.07, 6.45) is 0. The molecule has 152 valence electrons. The van der Waals surface area contributed by atoms with Crippen molar-refractivity contribution in [2.75, 3.05) is 65.6 Å². The second-order valence-electron chi connectivity index (χ2n) is 7.95. The van der Waals surface area contributed by atoms with Gasteiger partial charge in [-0.1, -0.05) is 11.6 Å². The Morgan fingerprint density at radius 2 is 1.81 bits per heavy atom. The molecular formula is C19H31ClN4O2S. The summed E-state index contributed by atoms with van der Waals surface area (Å²) in [5.41, 5.74) is -0.0415. The Labute approximate surface area is 171 Å². The summed E-state index contributed by atoms with van der Waals surface area (Å²) in [6, 6.07) is 4.06. The summed E-state index contributed by atoms with van der Waals surface area (Å²) in [4.78, 5) is 20.8. The molecule has 1 aromatic rings. The van der Waals surface area contributed by atoms with Crippen molar-refractivity contribution in [1.82, 2.24) is 20.0 Å². The van der Waals surface area contributed by atoms with Crippen LogP contribution in [0.5, 0.6) is 0 Å². The van der Waals surface area contributed by atoms with Gasteiger partial charge in [-0.15, -0.1) is 11.3 Å². The number of amides is 1. The van der Waals surface area contributed by atoms with Crippen molar-refractivity contribution in [1.29, 1.82) is 0 Å². The summed E-state index contributed by atoms with van der Waals surface area (Å²) in [5, 5.41) is 3.13. The van der Waals surface area contributed by atoms with Gasteiger partial charge in [-0.3, -0.25) is 19.5 Å². The van der Waals surface area contributed by atoms with Crippen molar-refractivity contribution >= 4 is 28.8 Å². The molecule has 27 heavy (non-hydrogen) atoms. The number of rotatable bonds is 7. The number of thiophene rings is 1. The lowest BCUT2D eigenvalue weighted by Gasteiger charge is -2.41. The van der Waals surface area contributed by atoms with Crippen LogP contribution >= 0.6 is 22.9 Å². The maximum Gasteiger partial charge on any atom is 0.234 e. The molecule has 0 bridgehead atoms. The first kappa shape index (κ1) is 21.0. The lowest BCUT2D eigenvalue weighted by Crippen LogP contribution is -2.56. The lowest BCUT2D eigenvalue weighted by molar-refractivity contribution is -0.123. The average molecular weight is 415 g/mol. The monoisotopic (exact) mass is 414 g/mol. The van der Waals surface area contributed by atoms with Gasteiger partial charge in [-0.25, -0.2) is 0 Å². The van der Waals surface area contributed by atoms with E-state index >= 15 is 0 Å². The van der Waals surface area contributed by atoms with Gasteiger partial charge in [0.2, 0.25) is 5.91 Å². The first-order valence-corrected chi connectivity index (χ1v) is 10.9. The minimum Gasteiger partial charge on any atom is -0.379 e. The molecule has 0 spiro atoms. The van der Waals surface area contributed by atoms with E-state index in [-0.39, 0.29) is 11.4 Å². The molecule has 1 aromatic heterocycles. The van der Waals surface area contributed by atoms with Gasteiger partial charge in [0.25, 0.3) is 0 Å². The molecule has 2 saturated heterocycles. The molecule has 6 nitrogen and oxygen atoms in total. The fourth-order valence-electron chi connectivity index (χ4n) is 3.62. The van der Waals surface area contributed by atoms with E-state index in [1.54, 1.807) is 11.3 Å². The predicted octanol–water partition coefficient (Wildman–Crippen LogP) is 1.75. The molecule has 2 aliphatic rings. The Morgan fingerprint density at radius 3 is 2.44 bits per heavy atom. The number of ether oxygens (including phenoxy) is 1. The Morgan fingerprint density at radius 1 is 1.15 bits per heavy atom. The number of morpholine rings is 1. The van der Waals surface area contributed by atoms with Crippen molar-refractivity contribution in [2.24, 2.45) is 0 Å². The van der Waals surface area contributed by atoms with Gasteiger partial charge in [0, 0.05) is 62.8 Å². The molecule has 2 fully saturated rings. The third kappa shape index (κ3) is 6.41. The van der Waals surface area contributed by atoms with Crippen LogP contribution in [0.15, 0.2) is 12.1 Å². The van der Waals surface area contributed by atoms with Gasteiger partial charge >= 0.3 is 0 Å². The topological polar surface area (TPSA) is 48.1 Å². The van der Waals surface area contributed by atoms with E-state index in [0.717, 1.165) is 63.4 Å². The van der Waals surface area contributed by atoms with Crippen LogP contribution in [0.1, 0.15) is 18.7 Å². The summed E-state index contributed by atoms with van der Waals surface area (Å²) >= 11 is 7.66. The van der Waals surface area contributed by atoms with Crippen LogP contribution in [-0.4, -0.2) is 91.7 Å². The highest BCUT2D eigenvalue weighted by Crippen LogP contribution is 2.23. The van der Waals surface area contributed by atoms with Gasteiger partial charge in [-0.2, -0.15) is 0 Å². The predicted molar refractivity (Wildman–Crippen MR) is 111 cm³/mol. The molecule has 0 atom stereocenters. The Kier molecular flexibility index (Phi) is 7.53. The van der Waals surface area contributed by atoms with Crippen LogP contribution in [0.2, 0.25) is 4.34 Å². The quantitative estimate of drug-likeness (QED) is 0.736. The van der Waals surface area contributed by atoms with Gasteiger partial charge in [0.1, 0.15) is 0 Å². The van der Waals surface area contributed by atoms with E-state index in [9.17, 15) is 4.79 Å². The molecular weight excluding hydrogens is 384 g/mol. The van der Waals surface area contributed by atoms with Crippen molar-refractivity contribution in [3.8, 4) is 0 Å². The van der Waals surface area contributed by atoms with Crippen molar-refractivity contribution < 1.29 is 9.53 Å². The zero-order chi connectivity index (χ0) is 19.3. The molecule has 0 aromatic carbocycles. The third-order valence-electron chi connectivity index (χ3n) is 5.43. The number of nitrogens with zero attached hydrogens (tertiary/aromatic N) is 3. The van der Waals surface area contributed by atoms with Gasteiger partial charge < -0.3 is 10.1 Å². The van der Waals surface area contributed by atoms with Crippen LogP contribution < -0.4 is 5.32 Å². The van der Waals surface area contributed by atoms with Crippen LogP contribution in [0, 0.1) is 0 Å². The molecule has 0 saturated carbocycles. The maximum absolute atomic E-state index is 12.4. The van der Waals surface area contributed by atoms with Crippen LogP contribution in [0.3, 0.4) is 0 Å². The second-order valence-corrected chi connectivity index (χ2v) is 9.75. The minimum atomic E-state index is -0.0415. The fourth-order valence-corrected chi connectivity index (χ4v) is 4.75. The van der Waals surface area contributed by atoms with E-state index < -0.39 is 0 Å². The first-order valence-electron chi connectivity index (χ1n) is 9.71. The van der Waals surface area contributed by atoms with Crippen LogP contribution in [0.4, 0.5) is 0 Å². The molecule has 0 aliphatic carbocycles. The fraction of sp³-hybridized carbons (Fsp3) is 0.737. The Bertz CT molecular complexity index is 611. The van der Waals surface area contributed by atoms with E-state index in [4.69, 9.17) is 16.3 Å². The van der Waals surface area contributed by atoms with Gasteiger partial charge in [0.15, 0.2) is 0 Å². The van der Waals surface area contributed by atoms with Crippen molar-refractivity contribution in [2.45, 2.75) is 25.9 Å². The Hall–Kier alpha value is -0.700. The number of nitrogens with one attached hydrogen (secondary N) is 1. The molecule has 1 amide bonds. The molecule has 0 radical (unpaired) electrons. The molecule has 3 rings (SSSR count). The Balaban J connectivity index is 1.35.